The predicted molar refractivity (Wildman–Crippen MR) is 137 cm³/mol. The fourth-order valence-electron chi connectivity index (χ4n) is 3.48. The summed E-state index contributed by atoms with van der Waals surface area (Å²) in [5, 5.41) is 7.55. The van der Waals surface area contributed by atoms with E-state index in [1.165, 1.54) is 5.56 Å². The summed E-state index contributed by atoms with van der Waals surface area (Å²) in [6.07, 6.45) is 0.281. The van der Waals surface area contributed by atoms with E-state index in [0.29, 0.717) is 30.0 Å². The molecule has 0 radical (unpaired) electrons. The fourth-order valence-corrected chi connectivity index (χ4v) is 3.48. The number of nitrogens with zero attached hydrogens (tertiary/aromatic N) is 3. The van der Waals surface area contributed by atoms with Crippen LogP contribution in [-0.4, -0.2) is 34.4 Å². The molecule has 0 saturated carbocycles. The molecule has 4 aromatic rings. The van der Waals surface area contributed by atoms with Crippen LogP contribution in [-0.2, 0) is 11.2 Å². The topological polar surface area (TPSA) is 78.3 Å². The third-order valence-corrected chi connectivity index (χ3v) is 5.36. The zero-order valence-electron chi connectivity index (χ0n) is 20.5. The molecule has 0 aliphatic heterocycles. The Bertz CT molecular complexity index is 1260. The van der Waals surface area contributed by atoms with E-state index in [9.17, 15) is 4.79 Å². The maximum Gasteiger partial charge on any atom is 0.336 e. The van der Waals surface area contributed by atoms with Gasteiger partial charge in [0.05, 0.1) is 25.8 Å². The van der Waals surface area contributed by atoms with Gasteiger partial charge in [-0.3, -0.25) is 4.79 Å². The summed E-state index contributed by atoms with van der Waals surface area (Å²) in [6.45, 7) is 6.75. The van der Waals surface area contributed by atoms with Crippen LogP contribution in [0.1, 0.15) is 25.0 Å². The van der Waals surface area contributed by atoms with Crippen molar-refractivity contribution >= 4 is 11.6 Å². The van der Waals surface area contributed by atoms with E-state index in [0.717, 1.165) is 22.6 Å². The van der Waals surface area contributed by atoms with Gasteiger partial charge in [-0.05, 0) is 54.8 Å². The number of nitrogens with one attached hydrogen (secondary N) is 1. The zero-order chi connectivity index (χ0) is 24.8. The van der Waals surface area contributed by atoms with Gasteiger partial charge in [-0.2, -0.15) is 4.98 Å². The lowest BCUT2D eigenvalue weighted by Crippen LogP contribution is -2.14. The highest BCUT2D eigenvalue weighted by molar-refractivity contribution is 5.92. The number of carbonyl (C=O) groups excluding carboxylic acids is 1. The maximum absolute atomic E-state index is 12.5. The second-order valence-corrected chi connectivity index (χ2v) is 8.82. The van der Waals surface area contributed by atoms with E-state index in [4.69, 9.17) is 9.47 Å². The minimum Gasteiger partial charge on any atom is -0.497 e. The summed E-state index contributed by atoms with van der Waals surface area (Å²) < 4.78 is 12.7. The molecule has 1 amide bonds. The Labute approximate surface area is 205 Å². The van der Waals surface area contributed by atoms with Crippen LogP contribution in [0.25, 0.3) is 17.1 Å². The lowest BCUT2D eigenvalue weighted by Gasteiger charge is -2.09. The smallest absolute Gasteiger partial charge is 0.336 e. The largest absolute Gasteiger partial charge is 0.497 e. The first-order valence-corrected chi connectivity index (χ1v) is 11.6. The van der Waals surface area contributed by atoms with Gasteiger partial charge in [-0.1, -0.05) is 55.8 Å². The molecule has 0 fully saturated rings. The number of hydrogen-bond donors (Lipinski definition) is 1. The highest BCUT2D eigenvalue weighted by atomic mass is 16.5. The average molecular weight is 471 g/mol. The minimum absolute atomic E-state index is 0.0895. The average Bonchev–Trinajstić information content (AvgIpc) is 3.28. The van der Waals surface area contributed by atoms with Crippen LogP contribution < -0.4 is 14.8 Å². The Morgan fingerprint density at radius 2 is 1.66 bits per heavy atom. The Kier molecular flexibility index (Phi) is 7.45. The van der Waals surface area contributed by atoms with Crippen molar-refractivity contribution in [2.75, 3.05) is 19.0 Å². The van der Waals surface area contributed by atoms with Crippen molar-refractivity contribution in [2.24, 2.45) is 5.92 Å². The van der Waals surface area contributed by atoms with Crippen molar-refractivity contribution in [3.63, 3.8) is 0 Å². The molecule has 0 unspecified atom stereocenters. The molecule has 35 heavy (non-hydrogen) atoms. The van der Waals surface area contributed by atoms with E-state index in [-0.39, 0.29) is 12.3 Å². The van der Waals surface area contributed by atoms with Crippen molar-refractivity contribution in [3.8, 4) is 28.8 Å². The van der Waals surface area contributed by atoms with Gasteiger partial charge in [0.1, 0.15) is 5.75 Å². The molecule has 7 nitrogen and oxygen atoms in total. The van der Waals surface area contributed by atoms with Gasteiger partial charge >= 0.3 is 6.01 Å². The standard InChI is InChI=1S/C28H30N4O3/c1-19(2)18-35-28-30-27(22-9-5-20(3)6-10-22)32(31-28)24-13-11-23(12-14-24)29-26(33)17-21-7-15-25(34-4)16-8-21/h5-16,19H,17-18H2,1-4H3,(H,29,33). The van der Waals surface area contributed by atoms with Gasteiger partial charge in [0.25, 0.3) is 0 Å². The number of methoxy groups -OCH3 is 1. The highest BCUT2D eigenvalue weighted by Crippen LogP contribution is 2.25. The number of aromatic nitrogens is 3. The van der Waals surface area contributed by atoms with Gasteiger partial charge in [0.15, 0.2) is 5.82 Å². The molecule has 1 heterocycles. The van der Waals surface area contributed by atoms with Crippen LogP contribution in [0, 0.1) is 12.8 Å². The Morgan fingerprint density at radius 1 is 0.971 bits per heavy atom. The van der Waals surface area contributed by atoms with Crippen LogP contribution in [0.2, 0.25) is 0 Å². The van der Waals surface area contributed by atoms with Gasteiger partial charge in [0, 0.05) is 11.3 Å². The van der Waals surface area contributed by atoms with Crippen molar-refractivity contribution in [3.05, 3.63) is 83.9 Å². The lowest BCUT2D eigenvalue weighted by atomic mass is 10.1. The number of aryl methyl sites for hydroxylation is 1. The summed E-state index contributed by atoms with van der Waals surface area (Å²) in [6, 6.07) is 23.5. The van der Waals surface area contributed by atoms with E-state index < -0.39 is 0 Å². The molecule has 0 saturated heterocycles. The Balaban J connectivity index is 1.52. The summed E-state index contributed by atoms with van der Waals surface area (Å²) in [5.74, 6) is 1.74. The van der Waals surface area contributed by atoms with Crippen molar-refractivity contribution in [1.29, 1.82) is 0 Å². The van der Waals surface area contributed by atoms with E-state index in [2.05, 4.69) is 29.2 Å². The molecule has 7 heteroatoms. The number of hydrogen-bond acceptors (Lipinski definition) is 5. The molecule has 0 aliphatic rings. The molecule has 0 atom stereocenters. The van der Waals surface area contributed by atoms with E-state index >= 15 is 0 Å². The quantitative estimate of drug-likeness (QED) is 0.351. The van der Waals surface area contributed by atoms with Crippen LogP contribution in [0.5, 0.6) is 11.8 Å². The molecule has 0 bridgehead atoms. The second kappa shape index (κ2) is 10.9. The Hall–Kier alpha value is -4.13. The Morgan fingerprint density at radius 3 is 2.29 bits per heavy atom. The zero-order valence-corrected chi connectivity index (χ0v) is 20.5. The number of benzene rings is 3. The first-order chi connectivity index (χ1) is 16.9. The maximum atomic E-state index is 12.5. The third kappa shape index (κ3) is 6.26. The molecule has 0 spiro atoms. The molecule has 1 aromatic heterocycles. The summed E-state index contributed by atoms with van der Waals surface area (Å²) in [5.41, 5.74) is 4.56. The molecular weight excluding hydrogens is 440 g/mol. The first-order valence-electron chi connectivity index (χ1n) is 11.6. The summed E-state index contributed by atoms with van der Waals surface area (Å²) in [7, 11) is 1.62. The number of anilines is 1. The van der Waals surface area contributed by atoms with Gasteiger partial charge in [-0.25, -0.2) is 4.68 Å². The molecule has 1 N–H and O–H groups in total. The third-order valence-electron chi connectivity index (χ3n) is 5.36. The van der Waals surface area contributed by atoms with Crippen LogP contribution in [0.3, 0.4) is 0 Å². The normalized spacial score (nSPS) is 10.9. The molecule has 3 aromatic carbocycles. The van der Waals surface area contributed by atoms with Crippen LogP contribution in [0.4, 0.5) is 5.69 Å². The van der Waals surface area contributed by atoms with Gasteiger partial charge < -0.3 is 14.8 Å². The number of ether oxygens (including phenoxy) is 2. The number of rotatable bonds is 9. The predicted octanol–water partition coefficient (Wildman–Crippen LogP) is 5.47. The van der Waals surface area contributed by atoms with Gasteiger partial charge in [-0.15, -0.1) is 5.10 Å². The minimum atomic E-state index is -0.0895. The van der Waals surface area contributed by atoms with Crippen molar-refractivity contribution < 1.29 is 14.3 Å². The van der Waals surface area contributed by atoms with Gasteiger partial charge in [0.2, 0.25) is 5.91 Å². The second-order valence-electron chi connectivity index (χ2n) is 8.82. The fraction of sp³-hybridized carbons (Fsp3) is 0.250. The lowest BCUT2D eigenvalue weighted by molar-refractivity contribution is -0.115. The van der Waals surface area contributed by atoms with Crippen molar-refractivity contribution in [2.45, 2.75) is 27.2 Å². The van der Waals surface area contributed by atoms with E-state index in [1.807, 2.05) is 79.7 Å². The first kappa shape index (κ1) is 24.0. The van der Waals surface area contributed by atoms with Crippen LogP contribution >= 0.6 is 0 Å². The summed E-state index contributed by atoms with van der Waals surface area (Å²) >= 11 is 0. The van der Waals surface area contributed by atoms with Crippen molar-refractivity contribution in [1.82, 2.24) is 14.8 Å². The highest BCUT2D eigenvalue weighted by Gasteiger charge is 2.15. The van der Waals surface area contributed by atoms with E-state index in [1.54, 1.807) is 11.8 Å². The molecular formula is C28H30N4O3. The number of carbonyl (C=O) groups is 1. The number of amides is 1. The molecule has 0 aliphatic carbocycles. The van der Waals surface area contributed by atoms with Crippen LogP contribution in [0.15, 0.2) is 72.8 Å². The molecule has 180 valence electrons. The molecule has 4 rings (SSSR count). The monoisotopic (exact) mass is 470 g/mol. The SMILES string of the molecule is COc1ccc(CC(=O)Nc2ccc(-n3nc(OCC(C)C)nc3-c3ccc(C)cc3)cc2)cc1. The summed E-state index contributed by atoms with van der Waals surface area (Å²) in [4.78, 5) is 17.1.